The lowest BCUT2D eigenvalue weighted by Gasteiger charge is -2.53. The van der Waals surface area contributed by atoms with Gasteiger partial charge in [-0.1, -0.05) is 155 Å². The predicted molar refractivity (Wildman–Crippen MR) is 348 cm³/mol. The Hall–Kier alpha value is -3.57. The Morgan fingerprint density at radius 2 is 1.45 bits per heavy atom. The zero-order chi connectivity index (χ0) is 64.2. The second kappa shape index (κ2) is 34.2. The van der Waals surface area contributed by atoms with Gasteiger partial charge in [0.25, 0.3) is 0 Å². The third-order valence-corrected chi connectivity index (χ3v) is 27.7. The van der Waals surface area contributed by atoms with Gasteiger partial charge in [0.1, 0.15) is 12.5 Å². The number of aliphatic hydroxyl groups is 1. The number of methoxy groups -OCH3 is 3. The molecule has 11 atom stereocenters. The zero-order valence-corrected chi connectivity index (χ0v) is 58.5. The number of aliphatic hydroxyl groups excluding tert-OH is 1. The predicted octanol–water partition coefficient (Wildman–Crippen LogP) is 15.2. The minimum absolute atomic E-state index is 0.000418. The molecule has 87 heavy (non-hydrogen) atoms. The molecule has 3 heterocycles. The van der Waals surface area contributed by atoms with E-state index in [1.165, 1.54) is 13.2 Å². The molecule has 3 fully saturated rings. The second-order valence-electron chi connectivity index (χ2n) is 28.2. The molecule has 0 radical (unpaired) electrons. The molecule has 0 bridgehead atoms. The number of rotatable bonds is 34. The van der Waals surface area contributed by atoms with Gasteiger partial charge in [-0.15, -0.1) is 0 Å². The van der Waals surface area contributed by atoms with E-state index in [0.717, 1.165) is 61.0 Å². The first-order chi connectivity index (χ1) is 41.0. The maximum Gasteiger partial charge on any atom is 0.330 e. The van der Waals surface area contributed by atoms with Crippen molar-refractivity contribution in [2.75, 3.05) is 34.7 Å². The van der Waals surface area contributed by atoms with Crippen LogP contribution in [-0.2, 0) is 74.3 Å². The highest BCUT2D eigenvalue weighted by atomic mass is 28.4. The lowest BCUT2D eigenvalue weighted by atomic mass is 9.73. The van der Waals surface area contributed by atoms with E-state index in [-0.39, 0.29) is 72.9 Å². The van der Waals surface area contributed by atoms with E-state index in [9.17, 15) is 14.7 Å². The first-order valence-corrected chi connectivity index (χ1v) is 38.1. The van der Waals surface area contributed by atoms with Gasteiger partial charge in [-0.2, -0.15) is 0 Å². The van der Waals surface area contributed by atoms with Crippen LogP contribution in [0.5, 0.6) is 5.75 Å². The minimum atomic E-state index is -2.44. The van der Waals surface area contributed by atoms with E-state index in [4.69, 9.17) is 56.2 Å². The normalized spacial score (nSPS) is 25.1. The Bertz CT molecular complexity index is 2450. The molecule has 0 saturated carbocycles. The fourth-order valence-electron chi connectivity index (χ4n) is 11.5. The number of hydrogen-bond acceptors (Lipinski definition) is 15. The van der Waals surface area contributed by atoms with E-state index >= 15 is 0 Å². The average molecular weight is 1250 g/mol. The van der Waals surface area contributed by atoms with Crippen molar-refractivity contribution in [1.29, 1.82) is 0 Å². The van der Waals surface area contributed by atoms with Gasteiger partial charge in [-0.05, 0) is 123 Å². The summed E-state index contributed by atoms with van der Waals surface area (Å²) in [5, 5.41) is 10.1. The molecule has 0 amide bonds. The van der Waals surface area contributed by atoms with E-state index in [1.807, 2.05) is 81.4 Å². The van der Waals surface area contributed by atoms with Crippen molar-refractivity contribution in [3.05, 3.63) is 102 Å². The van der Waals surface area contributed by atoms with Gasteiger partial charge in [0.15, 0.2) is 22.7 Å². The molecule has 5 rings (SSSR count). The molecule has 492 valence electrons. The molecule has 2 aromatic carbocycles. The maximum absolute atomic E-state index is 14.2. The molecule has 3 aliphatic rings. The lowest BCUT2D eigenvalue weighted by Crippen LogP contribution is -2.63. The summed E-state index contributed by atoms with van der Waals surface area (Å²) in [4.78, 5) is 27.7. The molecular weight excluding hydrogens is 1140 g/mol. The van der Waals surface area contributed by atoms with Crippen LogP contribution < -0.4 is 4.74 Å². The van der Waals surface area contributed by atoms with Gasteiger partial charge in [-0.3, -0.25) is 4.79 Å². The van der Waals surface area contributed by atoms with Crippen LogP contribution in [0.3, 0.4) is 0 Å². The Morgan fingerprint density at radius 3 is 2.08 bits per heavy atom. The molecule has 0 spiro atoms. The van der Waals surface area contributed by atoms with Gasteiger partial charge >= 0.3 is 11.9 Å². The van der Waals surface area contributed by atoms with E-state index in [0.29, 0.717) is 63.7 Å². The Balaban J connectivity index is 1.45. The lowest BCUT2D eigenvalue weighted by molar-refractivity contribution is -0.338. The molecule has 0 unspecified atom stereocenters. The SMILES string of the molecule is C=C1C[C@@H](C[C@H]2C[C@@H](O[Si](C)(C)C(C)(C)C)C[C@@H](C[C@H](CCO)OCc3ccc(OC)cc3)O2)O[C@@H](C=CC(C)(C)[C@]2(OC)O[C@H](C[C@@H](O[Si](C)(C)C(C)(C)C)[C@@H](C)OCOCc3ccccc3)CC(=CC(=O)OC)[C@@H]2OC(=O)CCCCCCC)C1. The van der Waals surface area contributed by atoms with Crippen molar-refractivity contribution >= 4 is 28.6 Å². The number of hydrogen-bond donors (Lipinski definition) is 1. The molecule has 0 aliphatic carbocycles. The summed E-state index contributed by atoms with van der Waals surface area (Å²) < 4.78 is 78.8. The van der Waals surface area contributed by atoms with Crippen molar-refractivity contribution < 1.29 is 70.9 Å². The van der Waals surface area contributed by atoms with Crippen molar-refractivity contribution in [1.82, 2.24) is 0 Å². The number of benzene rings is 2. The number of carbonyl (C=O) groups excluding carboxylic acids is 2. The smallest absolute Gasteiger partial charge is 0.330 e. The average Bonchev–Trinajstić information content (AvgIpc) is 1.36. The van der Waals surface area contributed by atoms with Crippen molar-refractivity contribution in [2.24, 2.45) is 5.41 Å². The van der Waals surface area contributed by atoms with Gasteiger partial charge in [-0.25, -0.2) is 4.79 Å². The van der Waals surface area contributed by atoms with E-state index < -0.39 is 64.2 Å². The summed E-state index contributed by atoms with van der Waals surface area (Å²) in [6, 6.07) is 17.8. The van der Waals surface area contributed by atoms with Crippen LogP contribution in [0.1, 0.15) is 177 Å². The number of esters is 2. The Labute approximate surface area is 526 Å². The first-order valence-electron chi connectivity index (χ1n) is 32.3. The third-order valence-electron chi connectivity index (χ3n) is 18.7. The highest BCUT2D eigenvalue weighted by molar-refractivity contribution is 6.74. The third kappa shape index (κ3) is 22.7. The Kier molecular flexibility index (Phi) is 29.2. The van der Waals surface area contributed by atoms with E-state index in [1.54, 1.807) is 14.2 Å². The topological polar surface area (TPSA) is 165 Å². The highest BCUT2D eigenvalue weighted by Crippen LogP contribution is 2.50. The van der Waals surface area contributed by atoms with Crippen molar-refractivity contribution in [3.8, 4) is 5.75 Å². The highest BCUT2D eigenvalue weighted by Gasteiger charge is 2.59. The fraction of sp³-hybridized carbons (Fsp3) is 0.714. The van der Waals surface area contributed by atoms with Crippen LogP contribution in [0.2, 0.25) is 36.3 Å². The molecule has 2 aromatic rings. The number of carbonyl (C=O) groups is 2. The minimum Gasteiger partial charge on any atom is -0.497 e. The maximum atomic E-state index is 14.2. The summed E-state index contributed by atoms with van der Waals surface area (Å²) in [7, 11) is -0.0392. The van der Waals surface area contributed by atoms with Crippen molar-refractivity contribution in [3.63, 3.8) is 0 Å². The van der Waals surface area contributed by atoms with E-state index in [2.05, 4.69) is 87.3 Å². The van der Waals surface area contributed by atoms with Crippen LogP contribution in [0.25, 0.3) is 0 Å². The van der Waals surface area contributed by atoms with Gasteiger partial charge in [0.2, 0.25) is 5.79 Å². The molecular formula is C70H114O15Si2. The molecule has 3 aliphatic heterocycles. The van der Waals surface area contributed by atoms with Crippen molar-refractivity contribution in [2.45, 2.75) is 282 Å². The van der Waals surface area contributed by atoms with Crippen LogP contribution in [0, 0.1) is 5.41 Å². The fourth-order valence-corrected chi connectivity index (χ4v) is 14.2. The molecule has 17 heteroatoms. The zero-order valence-electron chi connectivity index (χ0n) is 56.5. The summed E-state index contributed by atoms with van der Waals surface area (Å²) in [5.41, 5.74) is 2.60. The van der Waals surface area contributed by atoms with Gasteiger partial charge in [0, 0.05) is 50.6 Å². The van der Waals surface area contributed by atoms with Crippen LogP contribution in [0.4, 0.5) is 0 Å². The summed E-state index contributed by atoms with van der Waals surface area (Å²) >= 11 is 0. The van der Waals surface area contributed by atoms with Gasteiger partial charge in [0.05, 0.1) is 76.3 Å². The van der Waals surface area contributed by atoms with Gasteiger partial charge < -0.3 is 61.3 Å². The standard InChI is InChI=1S/C70H114O15Si2/c1-19-20-21-22-26-29-64(72)82-66-54(41-65(73)75-13)40-61(46-63(85-87(17,18)68(7,8)9)51(3)79-49-77-47-52-27-24-23-25-28-52)83-70(66,76-14)69(10,11)36-34-57-38-50(2)39-58(80-57)43-60-45-62(84-86(15,16)67(4,5)6)44-59(81-60)42-56(35-37-71)78-48-53-30-32-55(74-12)33-31-53/h23-25,27-28,30-34,36,41,51,56-63,66,71H,2,19-22,26,29,35,37-40,42-49H2,1,3-18H3/t51-,56+,57+,58+,59-,60+,61+,62+,63-,66+,70-/m1/s1. The number of unbranched alkanes of at least 4 members (excludes halogenated alkanes) is 4. The first kappa shape index (κ1) is 74.2. The summed E-state index contributed by atoms with van der Waals surface area (Å²) in [6.07, 6.45) is 11.7. The van der Waals surface area contributed by atoms with Crippen LogP contribution >= 0.6 is 0 Å². The molecule has 0 aromatic heterocycles. The number of ether oxygens (including phenoxy) is 10. The molecule has 15 nitrogen and oxygen atoms in total. The molecule has 3 saturated heterocycles. The summed E-state index contributed by atoms with van der Waals surface area (Å²) in [5.74, 6) is -1.88. The Morgan fingerprint density at radius 1 is 0.782 bits per heavy atom. The van der Waals surface area contributed by atoms with Crippen LogP contribution in [0.15, 0.2) is 90.6 Å². The monoisotopic (exact) mass is 1250 g/mol. The second-order valence-corrected chi connectivity index (χ2v) is 37.7. The quantitative estimate of drug-likeness (QED) is 0.0176. The largest absolute Gasteiger partial charge is 0.497 e. The summed E-state index contributed by atoms with van der Waals surface area (Å²) in [6.45, 7) is 36.1. The van der Waals surface area contributed by atoms with Crippen LogP contribution in [-0.4, -0.2) is 135 Å². The molecule has 1 N–H and O–H groups in total.